The van der Waals surface area contributed by atoms with E-state index >= 15 is 0 Å². The molecule has 26 heavy (non-hydrogen) atoms. The lowest BCUT2D eigenvalue weighted by atomic mass is 10.1. The van der Waals surface area contributed by atoms with Crippen LogP contribution in [0.3, 0.4) is 0 Å². The Hall–Kier alpha value is -3.02. The second-order valence-corrected chi connectivity index (χ2v) is 5.57. The van der Waals surface area contributed by atoms with Crippen molar-refractivity contribution < 1.29 is 23.8 Å². The molecule has 1 amide bonds. The fraction of sp³-hybridized carbons (Fsp3) is 0.300. The van der Waals surface area contributed by atoms with Crippen molar-refractivity contribution in [2.45, 2.75) is 19.9 Å². The Bertz CT molecular complexity index is 742. The SMILES string of the molecule is CCOc1ccccc1C(=O)OCC(=O)NC(C)c1ccc(OC)cc1. The third-order valence-electron chi connectivity index (χ3n) is 3.73. The average Bonchev–Trinajstić information content (AvgIpc) is 2.67. The minimum atomic E-state index is -0.596. The molecule has 1 atom stereocenters. The van der Waals surface area contributed by atoms with Crippen LogP contribution in [0.2, 0.25) is 0 Å². The van der Waals surface area contributed by atoms with E-state index in [-0.39, 0.29) is 18.6 Å². The molecule has 2 aromatic rings. The Morgan fingerprint density at radius 2 is 1.77 bits per heavy atom. The summed E-state index contributed by atoms with van der Waals surface area (Å²) in [6, 6.07) is 13.9. The van der Waals surface area contributed by atoms with Gasteiger partial charge in [-0.3, -0.25) is 4.79 Å². The number of carbonyl (C=O) groups excluding carboxylic acids is 2. The molecule has 2 aromatic carbocycles. The molecule has 0 saturated heterocycles. The van der Waals surface area contributed by atoms with Gasteiger partial charge in [-0.25, -0.2) is 4.79 Å². The van der Waals surface area contributed by atoms with Crippen molar-refractivity contribution in [3.63, 3.8) is 0 Å². The molecule has 0 aliphatic carbocycles. The maximum absolute atomic E-state index is 12.2. The number of nitrogens with one attached hydrogen (secondary N) is 1. The fourth-order valence-corrected chi connectivity index (χ4v) is 2.38. The first kappa shape index (κ1) is 19.3. The Morgan fingerprint density at radius 1 is 1.08 bits per heavy atom. The van der Waals surface area contributed by atoms with Gasteiger partial charge in [0.15, 0.2) is 6.61 Å². The molecule has 2 rings (SSSR count). The van der Waals surface area contributed by atoms with Crippen molar-refractivity contribution in [3.8, 4) is 11.5 Å². The van der Waals surface area contributed by atoms with Crippen LogP contribution >= 0.6 is 0 Å². The van der Waals surface area contributed by atoms with Crippen LogP contribution in [0.1, 0.15) is 35.8 Å². The number of methoxy groups -OCH3 is 1. The maximum Gasteiger partial charge on any atom is 0.342 e. The highest BCUT2D eigenvalue weighted by Crippen LogP contribution is 2.19. The zero-order chi connectivity index (χ0) is 18.9. The second-order valence-electron chi connectivity index (χ2n) is 5.57. The molecular formula is C20H23NO5. The van der Waals surface area contributed by atoms with Gasteiger partial charge in [-0.15, -0.1) is 0 Å². The second kappa shape index (κ2) is 9.46. The van der Waals surface area contributed by atoms with Crippen LogP contribution in [0.5, 0.6) is 11.5 Å². The number of benzene rings is 2. The van der Waals surface area contributed by atoms with Gasteiger partial charge in [-0.1, -0.05) is 24.3 Å². The lowest BCUT2D eigenvalue weighted by molar-refractivity contribution is -0.124. The molecule has 0 heterocycles. The molecule has 0 saturated carbocycles. The standard InChI is InChI=1S/C20H23NO5/c1-4-25-18-8-6-5-7-17(18)20(23)26-13-19(22)21-14(2)15-9-11-16(24-3)12-10-15/h5-12,14H,4,13H2,1-3H3,(H,21,22). The largest absolute Gasteiger partial charge is 0.497 e. The Labute approximate surface area is 153 Å². The van der Waals surface area contributed by atoms with Crippen molar-refractivity contribution >= 4 is 11.9 Å². The molecule has 0 aliphatic heterocycles. The summed E-state index contributed by atoms with van der Waals surface area (Å²) in [5, 5.41) is 2.79. The molecular weight excluding hydrogens is 334 g/mol. The van der Waals surface area contributed by atoms with Gasteiger partial charge >= 0.3 is 5.97 Å². The summed E-state index contributed by atoms with van der Waals surface area (Å²) in [5.41, 5.74) is 1.22. The van der Waals surface area contributed by atoms with Gasteiger partial charge in [0.2, 0.25) is 0 Å². The number of hydrogen-bond acceptors (Lipinski definition) is 5. The molecule has 138 valence electrons. The fourth-order valence-electron chi connectivity index (χ4n) is 2.38. The maximum atomic E-state index is 12.2. The minimum absolute atomic E-state index is 0.220. The van der Waals surface area contributed by atoms with Crippen molar-refractivity contribution in [1.82, 2.24) is 5.32 Å². The third-order valence-corrected chi connectivity index (χ3v) is 3.73. The molecule has 0 aliphatic rings. The Balaban J connectivity index is 1.88. The van der Waals surface area contributed by atoms with Crippen LogP contribution in [-0.4, -0.2) is 32.2 Å². The Kier molecular flexibility index (Phi) is 7.02. The first-order valence-electron chi connectivity index (χ1n) is 8.37. The predicted molar refractivity (Wildman–Crippen MR) is 97.4 cm³/mol. The van der Waals surface area contributed by atoms with Crippen molar-refractivity contribution in [2.24, 2.45) is 0 Å². The summed E-state index contributed by atoms with van der Waals surface area (Å²) < 4.78 is 15.6. The number of amides is 1. The van der Waals surface area contributed by atoms with Crippen LogP contribution in [0.15, 0.2) is 48.5 Å². The number of carbonyl (C=O) groups is 2. The summed E-state index contributed by atoms with van der Waals surface area (Å²) >= 11 is 0. The highest BCUT2D eigenvalue weighted by molar-refractivity contribution is 5.94. The van der Waals surface area contributed by atoms with Gasteiger partial charge in [0.25, 0.3) is 5.91 Å². The van der Waals surface area contributed by atoms with Gasteiger partial charge in [0.1, 0.15) is 17.1 Å². The van der Waals surface area contributed by atoms with E-state index < -0.39 is 5.97 Å². The van der Waals surface area contributed by atoms with Crippen LogP contribution < -0.4 is 14.8 Å². The van der Waals surface area contributed by atoms with Crippen molar-refractivity contribution in [3.05, 3.63) is 59.7 Å². The van der Waals surface area contributed by atoms with Gasteiger partial charge in [0, 0.05) is 0 Å². The quantitative estimate of drug-likeness (QED) is 0.735. The van der Waals surface area contributed by atoms with E-state index in [1.807, 2.05) is 38.1 Å². The normalized spacial score (nSPS) is 11.3. The van der Waals surface area contributed by atoms with Crippen molar-refractivity contribution in [1.29, 1.82) is 0 Å². The van der Waals surface area contributed by atoms with Gasteiger partial charge < -0.3 is 19.5 Å². The molecule has 0 spiro atoms. The molecule has 0 bridgehead atoms. The van der Waals surface area contributed by atoms with Crippen LogP contribution in [0.25, 0.3) is 0 Å². The summed E-state index contributed by atoms with van der Waals surface area (Å²) in [4.78, 5) is 24.2. The van der Waals surface area contributed by atoms with Crippen LogP contribution in [-0.2, 0) is 9.53 Å². The number of hydrogen-bond donors (Lipinski definition) is 1. The summed E-state index contributed by atoms with van der Waals surface area (Å²) in [6.45, 7) is 3.76. The lowest BCUT2D eigenvalue weighted by Gasteiger charge is -2.15. The first-order valence-corrected chi connectivity index (χ1v) is 8.37. The number of para-hydroxylation sites is 1. The van der Waals surface area contributed by atoms with E-state index in [0.29, 0.717) is 17.9 Å². The number of ether oxygens (including phenoxy) is 3. The van der Waals surface area contributed by atoms with Gasteiger partial charge in [0.05, 0.1) is 19.8 Å². The highest BCUT2D eigenvalue weighted by Gasteiger charge is 2.16. The summed E-state index contributed by atoms with van der Waals surface area (Å²) in [6.07, 6.45) is 0. The monoisotopic (exact) mass is 357 g/mol. The highest BCUT2D eigenvalue weighted by atomic mass is 16.5. The molecule has 1 unspecified atom stereocenters. The Morgan fingerprint density at radius 3 is 2.42 bits per heavy atom. The first-order chi connectivity index (χ1) is 12.5. The van der Waals surface area contributed by atoms with E-state index in [4.69, 9.17) is 14.2 Å². The molecule has 6 nitrogen and oxygen atoms in total. The summed E-state index contributed by atoms with van der Waals surface area (Å²) in [5.74, 6) is 0.207. The lowest BCUT2D eigenvalue weighted by Crippen LogP contribution is -2.31. The molecule has 6 heteroatoms. The van der Waals surface area contributed by atoms with E-state index in [0.717, 1.165) is 11.3 Å². The zero-order valence-electron chi connectivity index (χ0n) is 15.2. The third kappa shape index (κ3) is 5.24. The minimum Gasteiger partial charge on any atom is -0.497 e. The zero-order valence-corrected chi connectivity index (χ0v) is 15.2. The molecule has 1 N–H and O–H groups in total. The average molecular weight is 357 g/mol. The predicted octanol–water partition coefficient (Wildman–Crippen LogP) is 3.13. The van der Waals surface area contributed by atoms with Crippen LogP contribution in [0, 0.1) is 0 Å². The molecule has 0 aromatic heterocycles. The van der Waals surface area contributed by atoms with Gasteiger partial charge in [-0.2, -0.15) is 0 Å². The van der Waals surface area contributed by atoms with E-state index in [1.165, 1.54) is 0 Å². The summed E-state index contributed by atoms with van der Waals surface area (Å²) in [7, 11) is 1.60. The molecule has 0 radical (unpaired) electrons. The number of esters is 1. The van der Waals surface area contributed by atoms with Crippen LogP contribution in [0.4, 0.5) is 0 Å². The topological polar surface area (TPSA) is 73.9 Å². The van der Waals surface area contributed by atoms with Crippen molar-refractivity contribution in [2.75, 3.05) is 20.3 Å². The molecule has 0 fully saturated rings. The van der Waals surface area contributed by atoms with E-state index in [9.17, 15) is 9.59 Å². The number of rotatable bonds is 8. The van der Waals surface area contributed by atoms with E-state index in [1.54, 1.807) is 31.4 Å². The van der Waals surface area contributed by atoms with E-state index in [2.05, 4.69) is 5.32 Å². The smallest absolute Gasteiger partial charge is 0.342 e. The van der Waals surface area contributed by atoms with Gasteiger partial charge in [-0.05, 0) is 43.7 Å².